The van der Waals surface area contributed by atoms with Gasteiger partial charge in [0.15, 0.2) is 0 Å². The lowest BCUT2D eigenvalue weighted by Crippen LogP contribution is -2.10. The highest BCUT2D eigenvalue weighted by Crippen LogP contribution is 2.29. The van der Waals surface area contributed by atoms with E-state index in [-0.39, 0.29) is 0 Å². The fourth-order valence-electron chi connectivity index (χ4n) is 10.0. The molecule has 99 heavy (non-hydrogen) atoms. The molecule has 0 spiro atoms. The van der Waals surface area contributed by atoms with Gasteiger partial charge in [0.2, 0.25) is 0 Å². The monoisotopic (exact) mass is 1330 g/mol. The lowest BCUT2D eigenvalue weighted by Gasteiger charge is -2.18. The van der Waals surface area contributed by atoms with Crippen molar-refractivity contribution in [2.24, 2.45) is 0 Å². The van der Waals surface area contributed by atoms with Crippen LogP contribution in [0.2, 0.25) is 0 Å². The lowest BCUT2D eigenvalue weighted by atomic mass is 9.87. The van der Waals surface area contributed by atoms with Gasteiger partial charge in [0.05, 0.1) is 0 Å². The molecule has 9 aromatic rings. The summed E-state index contributed by atoms with van der Waals surface area (Å²) >= 11 is 0. The molecule has 9 aromatic carbocycles. The summed E-state index contributed by atoms with van der Waals surface area (Å²) in [5.41, 5.74) is 21.0. The average molecular weight is 1330 g/mol. The van der Waals surface area contributed by atoms with E-state index in [1.165, 1.54) is 77.9 Å². The maximum atomic E-state index is 2.36. The summed E-state index contributed by atoms with van der Waals surface area (Å²) < 4.78 is 0. The van der Waals surface area contributed by atoms with Crippen LogP contribution in [0, 0.1) is 0 Å². The number of hydrogen-bond acceptors (Lipinski definition) is 0. The molecule has 0 unspecified atom stereocenters. The first-order valence-corrected chi connectivity index (χ1v) is 37.9. The van der Waals surface area contributed by atoms with Crippen molar-refractivity contribution < 1.29 is 0 Å². The quantitative estimate of drug-likeness (QED) is 0.121. The molecule has 0 N–H and O–H groups in total. The molecule has 0 saturated heterocycles. The molecule has 0 aromatic heterocycles. The zero-order chi connectivity index (χ0) is 75.2. The van der Waals surface area contributed by atoms with Crippen molar-refractivity contribution in [1.29, 1.82) is 0 Å². The van der Waals surface area contributed by atoms with Crippen molar-refractivity contribution in [1.82, 2.24) is 0 Å². The third kappa shape index (κ3) is 38.4. The molecule has 0 radical (unpaired) electrons. The number of hydrogen-bond donors (Lipinski definition) is 0. The Kier molecular flexibility index (Phi) is 42.2. The van der Waals surface area contributed by atoms with Crippen molar-refractivity contribution in [3.05, 3.63) is 321 Å². The Balaban J connectivity index is 0.000000559. The Morgan fingerprint density at radius 2 is 0.263 bits per heavy atom. The molecule has 0 heteroatoms. The van der Waals surface area contributed by atoms with E-state index in [9.17, 15) is 0 Å². The van der Waals surface area contributed by atoms with Crippen molar-refractivity contribution in [3.8, 4) is 0 Å². The van der Waals surface area contributed by atoms with Gasteiger partial charge in [0.25, 0.3) is 0 Å². The van der Waals surface area contributed by atoms with E-state index in [4.69, 9.17) is 0 Å². The van der Waals surface area contributed by atoms with Gasteiger partial charge in [-0.1, -0.05) is 457 Å². The van der Waals surface area contributed by atoms with Crippen molar-refractivity contribution in [3.63, 3.8) is 0 Å². The number of rotatable bonds is 11. The first-order chi connectivity index (χ1) is 46.2. The molecule has 0 amide bonds. The Hall–Kier alpha value is -7.02. The van der Waals surface area contributed by atoms with Crippen LogP contribution in [0.3, 0.4) is 0 Å². The minimum absolute atomic E-state index is 0.293. The molecule has 0 saturated carbocycles. The predicted octanol–water partition coefficient (Wildman–Crippen LogP) is 31.4. The zero-order valence-corrected chi connectivity index (χ0v) is 68.9. The van der Waals surface area contributed by atoms with E-state index in [2.05, 4.69) is 445 Å². The SMILES string of the molecule is CC(C)(C)c1ccccc1.CC(C)(C)c1ccccc1.CC(C)(C)c1ccccc1.CC(C)c1cc(C(C)C)cc(C(C)C)c1.CC(C)c1cccc(C(C)C)c1.CC(C)c1cccc(C(C)C)c1.CC(C)c1cccc(C(C)C)c1.CC(C)c1ccccc1.CC(C)c1ccccc1. The van der Waals surface area contributed by atoms with Gasteiger partial charge in [-0.3, -0.25) is 0 Å². The Morgan fingerprint density at radius 3 is 0.374 bits per heavy atom. The minimum atomic E-state index is 0.293. The summed E-state index contributed by atoms with van der Waals surface area (Å²) in [5.74, 6) is 7.05. The van der Waals surface area contributed by atoms with Crippen LogP contribution in [0.1, 0.15) is 358 Å². The molecular weight excluding hydrogens is 1190 g/mol. The van der Waals surface area contributed by atoms with Gasteiger partial charge >= 0.3 is 0 Å². The number of benzene rings is 9. The maximum Gasteiger partial charge on any atom is -0.0132 e. The van der Waals surface area contributed by atoms with Crippen molar-refractivity contribution in [2.75, 3.05) is 0 Å². The lowest BCUT2D eigenvalue weighted by molar-refractivity contribution is 0.590. The van der Waals surface area contributed by atoms with Gasteiger partial charge in [-0.25, -0.2) is 0 Å². The molecule has 540 valence electrons. The van der Waals surface area contributed by atoms with Crippen LogP contribution >= 0.6 is 0 Å². The van der Waals surface area contributed by atoms with Crippen LogP contribution < -0.4 is 0 Å². The molecule has 0 aliphatic heterocycles. The maximum absolute atomic E-state index is 2.36. The average Bonchev–Trinajstić information content (AvgIpc) is 0.895. The van der Waals surface area contributed by atoms with Crippen LogP contribution in [-0.4, -0.2) is 0 Å². The van der Waals surface area contributed by atoms with Crippen LogP contribution in [0.5, 0.6) is 0 Å². The third-order valence-corrected chi connectivity index (χ3v) is 17.6. The molecule has 0 atom stereocenters. The Morgan fingerprint density at radius 1 is 0.141 bits per heavy atom. The molecular formula is C99H144. The van der Waals surface area contributed by atoms with Gasteiger partial charge < -0.3 is 0 Å². The topological polar surface area (TPSA) is 0 Å². The van der Waals surface area contributed by atoms with Crippen LogP contribution in [0.4, 0.5) is 0 Å². The van der Waals surface area contributed by atoms with Crippen molar-refractivity contribution in [2.45, 2.75) is 296 Å². The predicted molar refractivity (Wildman–Crippen MR) is 449 cm³/mol. The zero-order valence-electron chi connectivity index (χ0n) is 68.9. The van der Waals surface area contributed by atoms with Gasteiger partial charge in [-0.05, 0) is 159 Å². The summed E-state index contributed by atoms with van der Waals surface area (Å²) in [6.07, 6.45) is 0. The van der Waals surface area contributed by atoms with E-state index in [1.54, 1.807) is 0 Å². The second-order valence-corrected chi connectivity index (χ2v) is 33.3. The smallest absolute Gasteiger partial charge is 0.0132 e. The normalized spacial score (nSPS) is 11.2. The van der Waals surface area contributed by atoms with Gasteiger partial charge in [-0.2, -0.15) is 0 Å². The summed E-state index contributed by atoms with van der Waals surface area (Å²) in [5, 5.41) is 0. The summed E-state index contributed by atoms with van der Waals surface area (Å²) in [6.45, 7) is 69.3. The molecule has 0 bridgehead atoms. The second kappa shape index (κ2) is 46.4. The second-order valence-electron chi connectivity index (χ2n) is 33.3. The highest BCUT2D eigenvalue weighted by molar-refractivity contribution is 5.36. The largest absolute Gasteiger partial charge is 0.0622 e. The van der Waals surface area contributed by atoms with E-state index in [0.717, 1.165) is 0 Å². The highest BCUT2D eigenvalue weighted by Gasteiger charge is 2.14. The molecule has 0 heterocycles. The Bertz CT molecular complexity index is 3010. The Labute approximate surface area is 612 Å². The molecule has 0 nitrogen and oxygen atoms in total. The van der Waals surface area contributed by atoms with Crippen LogP contribution in [0.15, 0.2) is 243 Å². The standard InChI is InChI=1S/C15H24.3C12H18.3C10H14.2C9H12/c1-10(2)13-7-14(11(3)4)9-15(8-13)12(5)6;3*1-9(2)11-6-5-7-12(8-11)10(3)4;3*1-10(2,3)9-7-5-4-6-8-9;2*1-8(2)9-6-4-3-5-7-9/h7-12H,1-6H3;3*5-10H,1-4H3;3*4-8H,1-3H3;2*3-8H,1-2H3. The minimum Gasteiger partial charge on any atom is -0.0622 e. The van der Waals surface area contributed by atoms with Crippen molar-refractivity contribution >= 4 is 0 Å². The molecule has 0 fully saturated rings. The summed E-state index contributed by atoms with van der Waals surface area (Å²) in [4.78, 5) is 0. The molecule has 0 aliphatic carbocycles. The van der Waals surface area contributed by atoms with Gasteiger partial charge in [0, 0.05) is 0 Å². The van der Waals surface area contributed by atoms with Gasteiger partial charge in [0.1, 0.15) is 0 Å². The molecule has 0 aliphatic rings. The van der Waals surface area contributed by atoms with Crippen LogP contribution in [0.25, 0.3) is 0 Å². The first kappa shape index (κ1) is 90.0. The van der Waals surface area contributed by atoms with E-state index >= 15 is 0 Å². The van der Waals surface area contributed by atoms with E-state index in [0.29, 0.717) is 81.3 Å². The van der Waals surface area contributed by atoms with Crippen LogP contribution in [-0.2, 0) is 16.2 Å². The van der Waals surface area contributed by atoms with E-state index < -0.39 is 0 Å². The van der Waals surface area contributed by atoms with Gasteiger partial charge in [-0.15, -0.1) is 0 Å². The molecule has 9 rings (SSSR count). The fourth-order valence-corrected chi connectivity index (χ4v) is 10.0. The summed E-state index contributed by atoms with van der Waals surface area (Å²) in [7, 11) is 0. The summed E-state index contributed by atoms with van der Waals surface area (Å²) in [6, 6.07) is 86.4. The van der Waals surface area contributed by atoms with E-state index in [1.807, 2.05) is 12.1 Å². The first-order valence-electron chi connectivity index (χ1n) is 37.9. The fraction of sp³-hybridized carbons (Fsp3) is 0.455. The third-order valence-electron chi connectivity index (χ3n) is 17.6. The highest BCUT2D eigenvalue weighted by atomic mass is 14.2.